The average molecular weight is 271 g/mol. The van der Waals surface area contributed by atoms with E-state index in [-0.39, 0.29) is 5.54 Å². The number of nitrogens with one attached hydrogen (secondary N) is 1. The summed E-state index contributed by atoms with van der Waals surface area (Å²) in [6.45, 7) is 5.07. The fourth-order valence-corrected chi connectivity index (χ4v) is 3.63. The summed E-state index contributed by atoms with van der Waals surface area (Å²) in [6, 6.07) is 0.400. The molecule has 0 radical (unpaired) electrons. The van der Waals surface area contributed by atoms with Gasteiger partial charge in [-0.3, -0.25) is 4.99 Å². The normalized spacial score (nSPS) is 26.8. The van der Waals surface area contributed by atoms with Crippen molar-refractivity contribution in [3.8, 4) is 0 Å². The van der Waals surface area contributed by atoms with Crippen LogP contribution in [-0.2, 0) is 4.74 Å². The van der Waals surface area contributed by atoms with Crippen molar-refractivity contribution >= 4 is 16.9 Å². The number of ether oxygens (including phenoxy) is 1. The van der Waals surface area contributed by atoms with Crippen LogP contribution in [0, 0.1) is 0 Å². The zero-order valence-electron chi connectivity index (χ0n) is 11.7. The Bertz CT molecular complexity index is 301. The second-order valence-corrected chi connectivity index (χ2v) is 6.65. The van der Waals surface area contributed by atoms with E-state index in [0.717, 1.165) is 49.9 Å². The highest BCUT2D eigenvalue weighted by Crippen LogP contribution is 2.32. The summed E-state index contributed by atoms with van der Waals surface area (Å²) in [4.78, 5) is 7.01. The molecule has 0 amide bonds. The van der Waals surface area contributed by atoms with E-state index in [2.05, 4.69) is 31.2 Å². The third-order valence-electron chi connectivity index (χ3n) is 3.64. The molecule has 2 rings (SSSR count). The van der Waals surface area contributed by atoms with Gasteiger partial charge in [-0.15, -0.1) is 0 Å². The van der Waals surface area contributed by atoms with E-state index < -0.39 is 0 Å². The van der Waals surface area contributed by atoms with Crippen molar-refractivity contribution in [3.05, 3.63) is 0 Å². The Hall–Kier alpha value is -0.260. The molecule has 1 spiro atoms. The first kappa shape index (κ1) is 14.2. The molecule has 2 saturated heterocycles. The van der Waals surface area contributed by atoms with Crippen molar-refractivity contribution in [1.29, 1.82) is 0 Å². The van der Waals surface area contributed by atoms with Crippen LogP contribution in [0.3, 0.4) is 0 Å². The highest BCUT2D eigenvalue weighted by atomic mass is 32.2. The Balaban J connectivity index is 1.83. The largest absolute Gasteiger partial charge is 0.381 e. The number of aliphatic imine (C=N–C) groups is 1. The molecule has 2 aliphatic rings. The van der Waals surface area contributed by atoms with E-state index in [1.54, 1.807) is 0 Å². The molecule has 18 heavy (non-hydrogen) atoms. The van der Waals surface area contributed by atoms with Gasteiger partial charge in [0.15, 0.2) is 5.17 Å². The Morgan fingerprint density at radius 3 is 2.83 bits per heavy atom. The van der Waals surface area contributed by atoms with Gasteiger partial charge in [-0.2, -0.15) is 0 Å². The van der Waals surface area contributed by atoms with Crippen LogP contribution in [0.2, 0.25) is 0 Å². The fraction of sp³-hybridized carbons (Fsp3) is 0.923. The lowest BCUT2D eigenvalue weighted by Crippen LogP contribution is -2.48. The molecular formula is C13H25N3OS. The van der Waals surface area contributed by atoms with Gasteiger partial charge in [0.2, 0.25) is 0 Å². The summed E-state index contributed by atoms with van der Waals surface area (Å²) in [6.07, 6.45) is 3.35. The second kappa shape index (κ2) is 6.26. The maximum Gasteiger partial charge on any atom is 0.157 e. The molecule has 0 aliphatic carbocycles. The summed E-state index contributed by atoms with van der Waals surface area (Å²) >= 11 is 1.88. The Labute approximate surface area is 115 Å². The van der Waals surface area contributed by atoms with Crippen LogP contribution in [-0.4, -0.2) is 61.3 Å². The van der Waals surface area contributed by atoms with Crippen LogP contribution in [0.25, 0.3) is 0 Å². The van der Waals surface area contributed by atoms with Gasteiger partial charge in [0, 0.05) is 19.0 Å². The molecule has 2 aliphatic heterocycles. The standard InChI is InChI=1S/C13H25N3OS/c1-11(4-7-16(2)3)14-12-15-13(10-18-12)5-8-17-9-6-13/h11H,4-10H2,1-3H3,(H,14,15). The first-order valence-corrected chi connectivity index (χ1v) is 7.79. The number of hydrogen-bond acceptors (Lipinski definition) is 4. The van der Waals surface area contributed by atoms with Gasteiger partial charge in [-0.1, -0.05) is 11.8 Å². The Kier molecular flexibility index (Phi) is 4.92. The molecule has 0 bridgehead atoms. The Morgan fingerprint density at radius 2 is 2.17 bits per heavy atom. The molecule has 5 heteroatoms. The van der Waals surface area contributed by atoms with E-state index in [1.807, 2.05) is 11.8 Å². The number of rotatable bonds is 4. The molecule has 0 aromatic heterocycles. The smallest absolute Gasteiger partial charge is 0.157 e. The van der Waals surface area contributed by atoms with Crippen molar-refractivity contribution < 1.29 is 4.74 Å². The maximum atomic E-state index is 5.44. The molecule has 1 unspecified atom stereocenters. The summed E-state index contributed by atoms with van der Waals surface area (Å²) in [5, 5.41) is 4.79. The zero-order valence-corrected chi connectivity index (χ0v) is 12.6. The summed E-state index contributed by atoms with van der Waals surface area (Å²) in [7, 11) is 4.22. The fourth-order valence-electron chi connectivity index (χ4n) is 2.32. The first-order valence-electron chi connectivity index (χ1n) is 6.81. The minimum absolute atomic E-state index is 0.267. The van der Waals surface area contributed by atoms with Crippen LogP contribution in [0.15, 0.2) is 4.99 Å². The van der Waals surface area contributed by atoms with Crippen molar-refractivity contribution in [2.24, 2.45) is 4.99 Å². The van der Waals surface area contributed by atoms with Gasteiger partial charge >= 0.3 is 0 Å². The van der Waals surface area contributed by atoms with Crippen LogP contribution in [0.4, 0.5) is 0 Å². The predicted octanol–water partition coefficient (Wildman–Crippen LogP) is 1.57. The van der Waals surface area contributed by atoms with Crippen molar-refractivity contribution in [2.75, 3.05) is 39.6 Å². The summed E-state index contributed by atoms with van der Waals surface area (Å²) in [5.74, 6) is 1.15. The van der Waals surface area contributed by atoms with Crippen LogP contribution < -0.4 is 5.32 Å². The lowest BCUT2D eigenvalue weighted by atomic mass is 9.93. The highest BCUT2D eigenvalue weighted by Gasteiger charge is 2.38. The highest BCUT2D eigenvalue weighted by molar-refractivity contribution is 8.14. The van der Waals surface area contributed by atoms with Gasteiger partial charge in [-0.05, 0) is 46.8 Å². The minimum Gasteiger partial charge on any atom is -0.381 e. The molecule has 104 valence electrons. The molecule has 1 atom stereocenters. The summed E-state index contributed by atoms with van der Waals surface area (Å²) < 4.78 is 5.44. The van der Waals surface area contributed by atoms with Crippen molar-refractivity contribution in [2.45, 2.75) is 37.8 Å². The maximum absolute atomic E-state index is 5.44. The third-order valence-corrected chi connectivity index (χ3v) is 4.82. The van der Waals surface area contributed by atoms with E-state index in [9.17, 15) is 0 Å². The molecule has 2 heterocycles. The second-order valence-electron chi connectivity index (χ2n) is 5.68. The molecule has 0 saturated carbocycles. The quantitative estimate of drug-likeness (QED) is 0.842. The first-order chi connectivity index (χ1) is 8.60. The zero-order chi connectivity index (χ0) is 13.0. The van der Waals surface area contributed by atoms with Crippen LogP contribution >= 0.6 is 11.8 Å². The van der Waals surface area contributed by atoms with Crippen molar-refractivity contribution in [1.82, 2.24) is 10.2 Å². The van der Waals surface area contributed by atoms with Gasteiger partial charge in [0.1, 0.15) is 0 Å². The molecule has 0 aromatic carbocycles. The molecule has 1 N–H and O–H groups in total. The van der Waals surface area contributed by atoms with Crippen LogP contribution in [0.5, 0.6) is 0 Å². The number of nitrogens with zero attached hydrogens (tertiary/aromatic N) is 2. The molecule has 4 nitrogen and oxygen atoms in total. The lowest BCUT2D eigenvalue weighted by Gasteiger charge is -2.32. The lowest BCUT2D eigenvalue weighted by molar-refractivity contribution is 0.0555. The van der Waals surface area contributed by atoms with Gasteiger partial charge in [-0.25, -0.2) is 0 Å². The average Bonchev–Trinajstić information content (AvgIpc) is 2.70. The third kappa shape index (κ3) is 3.87. The van der Waals surface area contributed by atoms with Crippen molar-refractivity contribution in [3.63, 3.8) is 0 Å². The predicted molar refractivity (Wildman–Crippen MR) is 78.4 cm³/mol. The number of thioether (sulfide) groups is 1. The molecule has 0 aromatic rings. The van der Waals surface area contributed by atoms with E-state index in [4.69, 9.17) is 9.73 Å². The molecule has 2 fully saturated rings. The van der Waals surface area contributed by atoms with E-state index >= 15 is 0 Å². The SMILES string of the molecule is CC(CCN(C)C)N=C1NC2(CCOCC2)CS1. The minimum atomic E-state index is 0.267. The monoisotopic (exact) mass is 271 g/mol. The number of hydrogen-bond donors (Lipinski definition) is 1. The van der Waals surface area contributed by atoms with Crippen LogP contribution in [0.1, 0.15) is 26.2 Å². The van der Waals surface area contributed by atoms with Gasteiger partial charge in [0.05, 0.1) is 11.6 Å². The molecular weight excluding hydrogens is 246 g/mol. The van der Waals surface area contributed by atoms with E-state index in [0.29, 0.717) is 6.04 Å². The van der Waals surface area contributed by atoms with Gasteiger partial charge < -0.3 is 15.0 Å². The Morgan fingerprint density at radius 1 is 1.44 bits per heavy atom. The van der Waals surface area contributed by atoms with E-state index in [1.165, 1.54) is 0 Å². The number of amidine groups is 1. The summed E-state index contributed by atoms with van der Waals surface area (Å²) in [5.41, 5.74) is 0.267. The topological polar surface area (TPSA) is 36.9 Å². The van der Waals surface area contributed by atoms with Gasteiger partial charge in [0.25, 0.3) is 0 Å².